The Hall–Kier alpha value is -3.15. The maximum atomic E-state index is 13.0. The molecule has 3 aromatic carbocycles. The molecular weight excluding hydrogens is 436 g/mol. The Balaban J connectivity index is 1.52. The summed E-state index contributed by atoms with van der Waals surface area (Å²) < 4.78 is 5.48. The number of carbonyl (C=O) groups is 1. The van der Waals surface area contributed by atoms with Gasteiger partial charge in [-0.25, -0.2) is 0 Å². The second-order valence-electron chi connectivity index (χ2n) is 9.46. The first-order valence-electron chi connectivity index (χ1n) is 12.6. The zero-order valence-electron chi connectivity index (χ0n) is 20.5. The van der Waals surface area contributed by atoms with Gasteiger partial charge in [-0.05, 0) is 54.7 Å². The molecule has 0 aliphatic heterocycles. The molecule has 184 valence electrons. The number of ether oxygens (including phenoxy) is 1. The van der Waals surface area contributed by atoms with Crippen LogP contribution in [-0.4, -0.2) is 36.8 Å². The van der Waals surface area contributed by atoms with Crippen molar-refractivity contribution in [3.63, 3.8) is 0 Å². The van der Waals surface area contributed by atoms with E-state index in [1.54, 1.807) is 19.2 Å². The topological polar surface area (TPSA) is 70.6 Å². The molecule has 0 aromatic heterocycles. The number of aliphatic hydroxyl groups excluding tert-OH is 1. The summed E-state index contributed by atoms with van der Waals surface area (Å²) in [7, 11) is 1.69. The highest BCUT2D eigenvalue weighted by atomic mass is 16.5. The van der Waals surface area contributed by atoms with E-state index in [-0.39, 0.29) is 11.4 Å². The summed E-state index contributed by atoms with van der Waals surface area (Å²) in [6, 6.07) is 27.0. The van der Waals surface area contributed by atoms with E-state index in [0.29, 0.717) is 18.5 Å². The van der Waals surface area contributed by atoms with Gasteiger partial charge in [-0.2, -0.15) is 0 Å². The molecule has 0 heterocycles. The van der Waals surface area contributed by atoms with Crippen LogP contribution in [0.2, 0.25) is 0 Å². The molecule has 0 saturated heterocycles. The van der Waals surface area contributed by atoms with E-state index in [4.69, 9.17) is 4.74 Å². The van der Waals surface area contributed by atoms with Crippen molar-refractivity contribution in [2.45, 2.75) is 56.2 Å². The highest BCUT2D eigenvalue weighted by Gasteiger charge is 2.35. The van der Waals surface area contributed by atoms with Crippen LogP contribution in [-0.2, 0) is 12.0 Å². The first-order chi connectivity index (χ1) is 17.1. The fourth-order valence-corrected chi connectivity index (χ4v) is 5.08. The highest BCUT2D eigenvalue weighted by Crippen LogP contribution is 2.38. The van der Waals surface area contributed by atoms with Crippen molar-refractivity contribution in [1.82, 2.24) is 10.6 Å². The summed E-state index contributed by atoms with van der Waals surface area (Å²) in [5.74, 6) is 0.664. The summed E-state index contributed by atoms with van der Waals surface area (Å²) in [6.07, 6.45) is 5.30. The van der Waals surface area contributed by atoms with Crippen LogP contribution < -0.4 is 15.4 Å². The molecule has 0 radical (unpaired) electrons. The number of benzene rings is 3. The van der Waals surface area contributed by atoms with Crippen LogP contribution in [0.3, 0.4) is 0 Å². The number of hydrogen-bond donors (Lipinski definition) is 3. The predicted molar refractivity (Wildman–Crippen MR) is 140 cm³/mol. The summed E-state index contributed by atoms with van der Waals surface area (Å²) in [5.41, 5.74) is 2.64. The molecule has 1 aliphatic rings. The molecule has 5 nitrogen and oxygen atoms in total. The largest absolute Gasteiger partial charge is 0.497 e. The van der Waals surface area contributed by atoms with Gasteiger partial charge in [0.15, 0.2) is 0 Å². The zero-order chi connectivity index (χ0) is 24.5. The molecule has 0 bridgehead atoms. The van der Waals surface area contributed by atoms with Gasteiger partial charge < -0.3 is 20.5 Å². The third kappa shape index (κ3) is 6.50. The van der Waals surface area contributed by atoms with Gasteiger partial charge in [0.1, 0.15) is 5.75 Å². The Morgan fingerprint density at radius 3 is 2.31 bits per heavy atom. The van der Waals surface area contributed by atoms with Crippen LogP contribution in [0.4, 0.5) is 0 Å². The summed E-state index contributed by atoms with van der Waals surface area (Å²) in [6.45, 7) is 0.379. The van der Waals surface area contributed by atoms with Gasteiger partial charge in [-0.1, -0.05) is 79.9 Å². The molecule has 3 N–H and O–H groups in total. The fourth-order valence-electron chi connectivity index (χ4n) is 5.08. The van der Waals surface area contributed by atoms with Crippen LogP contribution in [0.15, 0.2) is 84.9 Å². The van der Waals surface area contributed by atoms with E-state index in [0.717, 1.165) is 37.0 Å². The SMILES string of the molecule is COc1cccc(C2(NC[C@@H](O)[C@H](Cc3ccccc3)NC(=O)c3ccccc3)CCCCC2)c1. The van der Waals surface area contributed by atoms with Crippen LogP contribution >= 0.6 is 0 Å². The lowest BCUT2D eigenvalue weighted by molar-refractivity contribution is 0.0788. The summed E-state index contributed by atoms with van der Waals surface area (Å²) in [4.78, 5) is 13.0. The van der Waals surface area contributed by atoms with Crippen molar-refractivity contribution < 1.29 is 14.6 Å². The third-order valence-corrected chi connectivity index (χ3v) is 7.09. The molecule has 1 aliphatic carbocycles. The smallest absolute Gasteiger partial charge is 0.251 e. The number of nitrogens with one attached hydrogen (secondary N) is 2. The van der Waals surface area contributed by atoms with E-state index in [1.807, 2.05) is 60.7 Å². The van der Waals surface area contributed by atoms with Crippen LogP contribution in [0.1, 0.15) is 53.6 Å². The number of hydrogen-bond acceptors (Lipinski definition) is 4. The predicted octanol–water partition coefficient (Wildman–Crippen LogP) is 4.85. The second-order valence-corrected chi connectivity index (χ2v) is 9.46. The van der Waals surface area contributed by atoms with Gasteiger partial charge in [-0.15, -0.1) is 0 Å². The van der Waals surface area contributed by atoms with Gasteiger partial charge in [0.05, 0.1) is 19.3 Å². The number of aliphatic hydroxyl groups is 1. The minimum Gasteiger partial charge on any atom is -0.497 e. The molecule has 5 heteroatoms. The molecule has 0 spiro atoms. The average molecular weight is 473 g/mol. The molecule has 4 rings (SSSR count). The molecular formula is C30H36N2O3. The molecule has 3 aromatic rings. The zero-order valence-corrected chi connectivity index (χ0v) is 20.5. The van der Waals surface area contributed by atoms with Crippen molar-refractivity contribution in [3.8, 4) is 5.75 Å². The molecule has 35 heavy (non-hydrogen) atoms. The van der Waals surface area contributed by atoms with Gasteiger partial charge in [-0.3, -0.25) is 4.79 Å². The van der Waals surface area contributed by atoms with E-state index >= 15 is 0 Å². The van der Waals surface area contributed by atoms with E-state index in [1.165, 1.54) is 12.0 Å². The van der Waals surface area contributed by atoms with Crippen molar-refractivity contribution >= 4 is 5.91 Å². The Morgan fingerprint density at radius 1 is 0.943 bits per heavy atom. The van der Waals surface area contributed by atoms with Crippen molar-refractivity contribution in [1.29, 1.82) is 0 Å². The molecule has 1 fully saturated rings. The van der Waals surface area contributed by atoms with Crippen LogP contribution in [0.5, 0.6) is 5.75 Å². The van der Waals surface area contributed by atoms with E-state index < -0.39 is 12.1 Å². The summed E-state index contributed by atoms with van der Waals surface area (Å²) >= 11 is 0. The molecule has 0 unspecified atom stereocenters. The van der Waals surface area contributed by atoms with Crippen molar-refractivity contribution in [3.05, 3.63) is 102 Å². The van der Waals surface area contributed by atoms with E-state index in [2.05, 4.69) is 22.8 Å². The highest BCUT2D eigenvalue weighted by molar-refractivity contribution is 5.94. The number of rotatable bonds is 10. The van der Waals surface area contributed by atoms with Crippen molar-refractivity contribution in [2.24, 2.45) is 0 Å². The maximum absolute atomic E-state index is 13.0. The lowest BCUT2D eigenvalue weighted by atomic mass is 9.76. The Bertz CT molecular complexity index is 1070. The third-order valence-electron chi connectivity index (χ3n) is 7.09. The minimum atomic E-state index is -0.757. The summed E-state index contributed by atoms with van der Waals surface area (Å²) in [5, 5.41) is 18.2. The monoisotopic (exact) mass is 472 g/mol. The fraction of sp³-hybridized carbons (Fsp3) is 0.367. The quantitative estimate of drug-likeness (QED) is 0.395. The molecule has 1 amide bonds. The Kier molecular flexibility index (Phi) is 8.56. The molecule has 2 atom stereocenters. The van der Waals surface area contributed by atoms with Crippen LogP contribution in [0, 0.1) is 0 Å². The number of amides is 1. The number of methoxy groups -OCH3 is 1. The maximum Gasteiger partial charge on any atom is 0.251 e. The van der Waals surface area contributed by atoms with Gasteiger partial charge >= 0.3 is 0 Å². The second kappa shape index (κ2) is 12.0. The standard InChI is InChI=1S/C30H36N2O3/c1-35-26-17-11-16-25(21-26)30(18-9-4-10-19-30)31-22-28(33)27(20-23-12-5-2-6-13-23)32-29(34)24-14-7-3-8-15-24/h2-3,5-8,11-17,21,27-28,31,33H,4,9-10,18-20,22H2,1H3,(H,32,34)/t27-,28+/m0/s1. The normalized spacial score (nSPS) is 16.7. The first kappa shape index (κ1) is 25.0. The Morgan fingerprint density at radius 2 is 1.63 bits per heavy atom. The lowest BCUT2D eigenvalue weighted by Gasteiger charge is -2.40. The van der Waals surface area contributed by atoms with Gasteiger partial charge in [0.25, 0.3) is 5.91 Å². The lowest BCUT2D eigenvalue weighted by Crippen LogP contribution is -2.53. The molecule has 1 saturated carbocycles. The van der Waals surface area contributed by atoms with E-state index in [9.17, 15) is 9.90 Å². The van der Waals surface area contributed by atoms with Gasteiger partial charge in [0, 0.05) is 17.6 Å². The van der Waals surface area contributed by atoms with Crippen LogP contribution in [0.25, 0.3) is 0 Å². The Labute approximate surface area is 208 Å². The minimum absolute atomic E-state index is 0.175. The van der Waals surface area contributed by atoms with Crippen molar-refractivity contribution in [2.75, 3.05) is 13.7 Å². The first-order valence-corrected chi connectivity index (χ1v) is 12.6. The number of carbonyl (C=O) groups excluding carboxylic acids is 1. The average Bonchev–Trinajstić information content (AvgIpc) is 2.93. The van der Waals surface area contributed by atoms with Gasteiger partial charge in [0.2, 0.25) is 0 Å².